The number of hydrogen-bond donors (Lipinski definition) is 2. The molecule has 0 aliphatic carbocycles. The van der Waals surface area contributed by atoms with Crippen molar-refractivity contribution in [3.63, 3.8) is 0 Å². The lowest BCUT2D eigenvalue weighted by atomic mass is 10.0. The molecule has 5 heterocycles. The van der Waals surface area contributed by atoms with Crippen LogP contribution in [0.5, 0.6) is 0 Å². The van der Waals surface area contributed by atoms with Gasteiger partial charge in [-0.15, -0.1) is 5.10 Å². The third-order valence-corrected chi connectivity index (χ3v) is 8.27. The number of aromatic amines is 2. The van der Waals surface area contributed by atoms with Gasteiger partial charge < -0.3 is 19.7 Å². The molecule has 2 aliphatic rings. The number of carbonyl (C=O) groups is 2. The van der Waals surface area contributed by atoms with Gasteiger partial charge in [0.15, 0.2) is 0 Å². The molecule has 0 radical (unpaired) electrons. The minimum absolute atomic E-state index is 0.0727. The number of halogens is 3. The molecule has 6 rings (SSSR count). The van der Waals surface area contributed by atoms with Crippen LogP contribution in [0.15, 0.2) is 35.3 Å². The van der Waals surface area contributed by atoms with Crippen LogP contribution >= 0.6 is 23.2 Å². The Morgan fingerprint density at radius 3 is 2.62 bits per heavy atom. The number of benzene rings is 1. The molecular formula is C26H26Cl2FN8O3+. The predicted molar refractivity (Wildman–Crippen MR) is 144 cm³/mol. The van der Waals surface area contributed by atoms with Crippen LogP contribution in [-0.4, -0.2) is 85.9 Å². The van der Waals surface area contributed by atoms with Gasteiger partial charge in [0.1, 0.15) is 23.0 Å². The lowest BCUT2D eigenvalue weighted by molar-refractivity contribution is -0.712. The van der Waals surface area contributed by atoms with Gasteiger partial charge in [0.2, 0.25) is 0 Å². The molecule has 2 N–H and O–H groups in total. The van der Waals surface area contributed by atoms with Crippen molar-refractivity contribution in [3.8, 4) is 0 Å². The minimum Gasteiger partial charge on any atom is -0.331 e. The van der Waals surface area contributed by atoms with Gasteiger partial charge in [-0.25, -0.2) is 8.96 Å². The Morgan fingerprint density at radius 1 is 1.07 bits per heavy atom. The fourth-order valence-corrected chi connectivity index (χ4v) is 5.69. The Kier molecular flexibility index (Phi) is 6.85. The van der Waals surface area contributed by atoms with E-state index in [1.807, 2.05) is 7.05 Å². The molecule has 0 atom stereocenters. The fourth-order valence-electron chi connectivity index (χ4n) is 5.24. The second-order valence-corrected chi connectivity index (χ2v) is 10.8. The lowest BCUT2D eigenvalue weighted by Gasteiger charge is -2.31. The highest BCUT2D eigenvalue weighted by Crippen LogP contribution is 2.27. The zero-order chi connectivity index (χ0) is 28.1. The average Bonchev–Trinajstić information content (AvgIpc) is 3.51. The van der Waals surface area contributed by atoms with Gasteiger partial charge in [-0.1, -0.05) is 29.3 Å². The second kappa shape index (κ2) is 10.3. The number of fused-ring (bicyclic) bond motifs is 2. The zero-order valence-corrected chi connectivity index (χ0v) is 23.1. The van der Waals surface area contributed by atoms with Crippen LogP contribution in [0.3, 0.4) is 0 Å². The smallest absolute Gasteiger partial charge is 0.331 e. The number of carbonyl (C=O) groups excluding carboxylic acids is 2. The third-order valence-electron chi connectivity index (χ3n) is 7.51. The van der Waals surface area contributed by atoms with E-state index in [1.165, 1.54) is 33.7 Å². The molecular weight excluding hydrogens is 562 g/mol. The van der Waals surface area contributed by atoms with Crippen LogP contribution in [0.1, 0.15) is 38.1 Å². The Bertz CT molecular complexity index is 1710. The van der Waals surface area contributed by atoms with Gasteiger partial charge in [-0.05, 0) is 30.8 Å². The topological polar surface area (TPSA) is 114 Å². The summed E-state index contributed by atoms with van der Waals surface area (Å²) in [4.78, 5) is 46.9. The van der Waals surface area contributed by atoms with Gasteiger partial charge in [-0.3, -0.25) is 18.8 Å². The molecule has 4 aromatic rings. The Hall–Kier alpha value is -3.74. The highest BCUT2D eigenvalue weighted by atomic mass is 35.5. The highest BCUT2D eigenvalue weighted by Gasteiger charge is 2.36. The molecule has 3 aromatic heterocycles. The summed E-state index contributed by atoms with van der Waals surface area (Å²) in [5.74, 6) is -0.342. The molecule has 1 fully saturated rings. The predicted octanol–water partition coefficient (Wildman–Crippen LogP) is 1.72. The molecule has 1 saturated heterocycles. The van der Waals surface area contributed by atoms with Crippen molar-refractivity contribution in [1.29, 1.82) is 0 Å². The van der Waals surface area contributed by atoms with Gasteiger partial charge >= 0.3 is 11.7 Å². The Labute approximate surface area is 237 Å². The molecule has 0 saturated carbocycles. The molecule has 1 aromatic carbocycles. The van der Waals surface area contributed by atoms with Crippen LogP contribution in [0.4, 0.5) is 4.39 Å². The van der Waals surface area contributed by atoms with E-state index in [0.717, 1.165) is 13.1 Å². The summed E-state index contributed by atoms with van der Waals surface area (Å²) < 4.78 is 18.2. The summed E-state index contributed by atoms with van der Waals surface area (Å²) in [6, 6.07) is 5.82. The van der Waals surface area contributed by atoms with E-state index < -0.39 is 11.7 Å². The molecule has 2 aliphatic heterocycles. The molecule has 0 unspecified atom stereocenters. The van der Waals surface area contributed by atoms with Crippen LogP contribution in [0, 0.1) is 5.82 Å². The van der Waals surface area contributed by atoms with Crippen molar-refractivity contribution in [2.45, 2.75) is 19.5 Å². The molecule has 0 spiro atoms. The van der Waals surface area contributed by atoms with E-state index in [0.29, 0.717) is 49.1 Å². The minimum atomic E-state index is -0.642. The maximum atomic E-state index is 14.9. The van der Waals surface area contributed by atoms with Crippen molar-refractivity contribution in [2.75, 3.05) is 39.8 Å². The Balaban J connectivity index is 1.21. The number of rotatable bonds is 4. The molecule has 11 nitrogen and oxygen atoms in total. The Morgan fingerprint density at radius 2 is 1.85 bits per heavy atom. The number of aromatic nitrogens is 5. The van der Waals surface area contributed by atoms with Gasteiger partial charge in [-0.2, -0.15) is 0 Å². The molecule has 0 bridgehead atoms. The van der Waals surface area contributed by atoms with Crippen molar-refractivity contribution in [1.82, 2.24) is 34.3 Å². The maximum absolute atomic E-state index is 14.9. The quantitative estimate of drug-likeness (QED) is 0.353. The fraction of sp³-hybridized carbons (Fsp3) is 0.346. The van der Waals surface area contributed by atoms with E-state index in [1.54, 1.807) is 15.5 Å². The number of hydrogen-bond acceptors (Lipinski definition) is 5. The van der Waals surface area contributed by atoms with E-state index in [-0.39, 0.29) is 45.7 Å². The number of likely N-dealkylation sites (N-methyl/N-ethyl adjacent to an activating group) is 1. The van der Waals surface area contributed by atoms with Crippen LogP contribution in [0.2, 0.25) is 10.2 Å². The maximum Gasteiger partial charge on any atom is 0.366 e. The number of amides is 2. The van der Waals surface area contributed by atoms with E-state index >= 15 is 0 Å². The van der Waals surface area contributed by atoms with E-state index in [9.17, 15) is 18.8 Å². The molecule has 14 heteroatoms. The first kappa shape index (κ1) is 26.5. The van der Waals surface area contributed by atoms with E-state index in [4.69, 9.17) is 23.2 Å². The average molecular weight is 588 g/mol. The van der Waals surface area contributed by atoms with Gasteiger partial charge in [0.05, 0.1) is 23.7 Å². The van der Waals surface area contributed by atoms with Gasteiger partial charge in [0.25, 0.3) is 17.3 Å². The van der Waals surface area contributed by atoms with Crippen LogP contribution in [0.25, 0.3) is 5.52 Å². The normalized spacial score (nSPS) is 16.0. The first-order chi connectivity index (χ1) is 19.2. The SMILES string of the molecule is CN1CCN(C(=O)c2n[nH]c3[n+]2CCN(C(=O)c2cc(Cc4c[nH]c(=O)c5cc(Cl)c(Cl)n45)ccc2F)C3)CC1. The number of H-pyrrole nitrogens is 2. The number of nitrogens with one attached hydrogen (secondary N) is 2. The van der Waals surface area contributed by atoms with Gasteiger partial charge in [0, 0.05) is 49.6 Å². The van der Waals surface area contributed by atoms with Crippen molar-refractivity contribution in [3.05, 3.63) is 85.3 Å². The van der Waals surface area contributed by atoms with Crippen molar-refractivity contribution < 1.29 is 18.5 Å². The summed E-state index contributed by atoms with van der Waals surface area (Å²) in [6.45, 7) is 3.67. The number of piperazine rings is 1. The van der Waals surface area contributed by atoms with Crippen LogP contribution in [-0.2, 0) is 19.5 Å². The third kappa shape index (κ3) is 4.65. The number of nitrogens with zero attached hydrogens (tertiary/aromatic N) is 6. The van der Waals surface area contributed by atoms with E-state index in [2.05, 4.69) is 20.1 Å². The standard InChI is InChI=1S/C26H25Cl2FN8O3/c1-33-4-6-34(7-5-33)26(40)23-32-31-21-14-35(8-9-36(21)23)25(39)17-11-15(2-3-19(17)29)10-16-13-30-24(38)20-12-18(27)22(28)37(16)20/h2-3,11-13H,4-10,14H2,1H3,(H,30,38)/p+1. The summed E-state index contributed by atoms with van der Waals surface area (Å²) in [5, 5.41) is 7.58. The lowest BCUT2D eigenvalue weighted by Crippen LogP contribution is -2.56. The second-order valence-electron chi connectivity index (χ2n) is 10.1. The summed E-state index contributed by atoms with van der Waals surface area (Å²) in [7, 11) is 2.02. The molecule has 2 amide bonds. The van der Waals surface area contributed by atoms with Crippen LogP contribution < -0.4 is 10.1 Å². The monoisotopic (exact) mass is 587 g/mol. The molecule has 40 heavy (non-hydrogen) atoms. The summed E-state index contributed by atoms with van der Waals surface area (Å²) in [6.07, 6.45) is 1.78. The highest BCUT2D eigenvalue weighted by molar-refractivity contribution is 6.42. The zero-order valence-electron chi connectivity index (χ0n) is 21.6. The first-order valence-corrected chi connectivity index (χ1v) is 13.6. The van der Waals surface area contributed by atoms with Crippen molar-refractivity contribution >= 4 is 40.5 Å². The first-order valence-electron chi connectivity index (χ1n) is 12.8. The summed E-state index contributed by atoms with van der Waals surface area (Å²) in [5.41, 5.74) is 1.13. The largest absolute Gasteiger partial charge is 0.366 e. The van der Waals surface area contributed by atoms with Crippen molar-refractivity contribution in [2.24, 2.45) is 0 Å². The summed E-state index contributed by atoms with van der Waals surface area (Å²) >= 11 is 12.5. The molecule has 208 valence electrons.